The van der Waals surface area contributed by atoms with Crippen molar-refractivity contribution in [1.29, 1.82) is 0 Å². The second-order valence-electron chi connectivity index (χ2n) is 3.73. The van der Waals surface area contributed by atoms with Crippen LogP contribution in [0.5, 0.6) is 0 Å². The molecule has 0 saturated carbocycles. The van der Waals surface area contributed by atoms with Crippen molar-refractivity contribution in [3.8, 4) is 0 Å². The van der Waals surface area contributed by atoms with E-state index < -0.39 is 0 Å². The van der Waals surface area contributed by atoms with E-state index in [1.54, 1.807) is 6.26 Å². The van der Waals surface area contributed by atoms with Crippen molar-refractivity contribution in [2.24, 2.45) is 0 Å². The average molecular weight is 238 g/mol. The van der Waals surface area contributed by atoms with Gasteiger partial charge in [-0.3, -0.25) is 0 Å². The van der Waals surface area contributed by atoms with Gasteiger partial charge in [-0.2, -0.15) is 0 Å². The first-order valence-corrected chi connectivity index (χ1v) is 5.09. The molecule has 86 valence electrons. The van der Waals surface area contributed by atoms with Crippen molar-refractivity contribution in [3.63, 3.8) is 0 Å². The lowest BCUT2D eigenvalue weighted by molar-refractivity contribution is 0.518. The summed E-state index contributed by atoms with van der Waals surface area (Å²) in [5.74, 6) is 0.952. The van der Waals surface area contributed by atoms with E-state index in [1.807, 2.05) is 12.1 Å². The predicted octanol–water partition coefficient (Wildman–Crippen LogP) is 3.93. The molecular formula is C13H16ClNO. The fraction of sp³-hybridized carbons (Fsp3) is 0.231. The molecule has 1 aromatic heterocycles. The van der Waals surface area contributed by atoms with Gasteiger partial charge < -0.3 is 9.73 Å². The summed E-state index contributed by atoms with van der Waals surface area (Å²) in [6, 6.07) is 10.2. The molecule has 2 nitrogen and oxygen atoms in total. The van der Waals surface area contributed by atoms with Crippen molar-refractivity contribution in [1.82, 2.24) is 0 Å². The van der Waals surface area contributed by atoms with Crippen molar-refractivity contribution < 1.29 is 4.42 Å². The third-order valence-electron chi connectivity index (χ3n) is 2.55. The second-order valence-corrected chi connectivity index (χ2v) is 3.73. The SMILES string of the molecule is Cc1ccc(NCc2ccco2)cc1C.Cl. The molecule has 0 spiro atoms. The highest BCUT2D eigenvalue weighted by molar-refractivity contribution is 5.85. The number of nitrogens with one attached hydrogen (secondary N) is 1. The van der Waals surface area contributed by atoms with Gasteiger partial charge in [-0.05, 0) is 49.2 Å². The summed E-state index contributed by atoms with van der Waals surface area (Å²) in [5, 5.41) is 3.32. The number of hydrogen-bond acceptors (Lipinski definition) is 2. The van der Waals surface area contributed by atoms with Gasteiger partial charge in [-0.25, -0.2) is 0 Å². The molecule has 0 amide bonds. The third kappa shape index (κ3) is 3.04. The molecule has 1 heterocycles. The molecule has 0 saturated heterocycles. The molecule has 0 bridgehead atoms. The van der Waals surface area contributed by atoms with E-state index in [1.165, 1.54) is 11.1 Å². The first kappa shape index (κ1) is 12.7. The van der Waals surface area contributed by atoms with Crippen LogP contribution < -0.4 is 5.32 Å². The van der Waals surface area contributed by atoms with Gasteiger partial charge in [0.25, 0.3) is 0 Å². The van der Waals surface area contributed by atoms with E-state index >= 15 is 0 Å². The van der Waals surface area contributed by atoms with Gasteiger partial charge in [0.05, 0.1) is 12.8 Å². The lowest BCUT2D eigenvalue weighted by Crippen LogP contribution is -1.98. The number of hydrogen-bond donors (Lipinski definition) is 1. The van der Waals surface area contributed by atoms with Crippen LogP contribution in [0, 0.1) is 13.8 Å². The van der Waals surface area contributed by atoms with Gasteiger partial charge >= 0.3 is 0 Å². The summed E-state index contributed by atoms with van der Waals surface area (Å²) in [5.41, 5.74) is 3.76. The first-order chi connectivity index (χ1) is 7.25. The Morgan fingerprint density at radius 3 is 2.56 bits per heavy atom. The highest BCUT2D eigenvalue weighted by Gasteiger charge is 1.97. The topological polar surface area (TPSA) is 25.2 Å². The van der Waals surface area contributed by atoms with Crippen LogP contribution in [0.1, 0.15) is 16.9 Å². The molecule has 1 aromatic carbocycles. The molecule has 0 aliphatic rings. The molecule has 3 heteroatoms. The average Bonchev–Trinajstić information content (AvgIpc) is 2.73. The highest BCUT2D eigenvalue weighted by Crippen LogP contribution is 2.15. The van der Waals surface area contributed by atoms with Crippen molar-refractivity contribution >= 4 is 18.1 Å². The maximum atomic E-state index is 5.25. The molecule has 0 unspecified atom stereocenters. The van der Waals surface area contributed by atoms with Crippen LogP contribution in [0.15, 0.2) is 41.0 Å². The smallest absolute Gasteiger partial charge is 0.122 e. The maximum absolute atomic E-state index is 5.25. The molecule has 0 atom stereocenters. The molecular weight excluding hydrogens is 222 g/mol. The highest BCUT2D eigenvalue weighted by atomic mass is 35.5. The van der Waals surface area contributed by atoms with Crippen LogP contribution in [-0.2, 0) is 6.54 Å². The summed E-state index contributed by atoms with van der Waals surface area (Å²) >= 11 is 0. The fourth-order valence-corrected chi connectivity index (χ4v) is 1.45. The van der Waals surface area contributed by atoms with E-state index in [2.05, 4.69) is 37.4 Å². The Bertz CT molecular complexity index is 437. The van der Waals surface area contributed by atoms with E-state index in [-0.39, 0.29) is 12.4 Å². The van der Waals surface area contributed by atoms with Crippen molar-refractivity contribution in [3.05, 3.63) is 53.5 Å². The Labute approximate surface area is 102 Å². The van der Waals surface area contributed by atoms with Crippen LogP contribution in [0.25, 0.3) is 0 Å². The minimum atomic E-state index is 0. The quantitative estimate of drug-likeness (QED) is 0.875. The van der Waals surface area contributed by atoms with Gasteiger partial charge in [-0.15, -0.1) is 12.4 Å². The van der Waals surface area contributed by atoms with Gasteiger partial charge in [0.1, 0.15) is 5.76 Å². The third-order valence-corrected chi connectivity index (χ3v) is 2.55. The summed E-state index contributed by atoms with van der Waals surface area (Å²) in [7, 11) is 0. The zero-order chi connectivity index (χ0) is 10.7. The maximum Gasteiger partial charge on any atom is 0.122 e. The Morgan fingerprint density at radius 2 is 1.94 bits per heavy atom. The molecule has 1 N–H and O–H groups in total. The van der Waals surface area contributed by atoms with E-state index in [4.69, 9.17) is 4.42 Å². The van der Waals surface area contributed by atoms with Crippen LogP contribution in [-0.4, -0.2) is 0 Å². The van der Waals surface area contributed by atoms with E-state index in [9.17, 15) is 0 Å². The monoisotopic (exact) mass is 237 g/mol. The lowest BCUT2D eigenvalue weighted by Gasteiger charge is -2.07. The Morgan fingerprint density at radius 1 is 1.12 bits per heavy atom. The number of benzene rings is 1. The van der Waals surface area contributed by atoms with Gasteiger partial charge in [0.15, 0.2) is 0 Å². The number of anilines is 1. The zero-order valence-corrected chi connectivity index (χ0v) is 10.3. The first-order valence-electron chi connectivity index (χ1n) is 5.09. The van der Waals surface area contributed by atoms with Crippen LogP contribution >= 0.6 is 12.4 Å². The van der Waals surface area contributed by atoms with Gasteiger partial charge in [-0.1, -0.05) is 6.07 Å². The molecule has 16 heavy (non-hydrogen) atoms. The Balaban J connectivity index is 0.00000128. The lowest BCUT2D eigenvalue weighted by atomic mass is 10.1. The van der Waals surface area contributed by atoms with Crippen LogP contribution in [0.2, 0.25) is 0 Å². The molecule has 2 rings (SSSR count). The normalized spacial score (nSPS) is 9.62. The van der Waals surface area contributed by atoms with E-state index in [0.29, 0.717) is 0 Å². The van der Waals surface area contributed by atoms with Gasteiger partial charge in [0, 0.05) is 5.69 Å². The molecule has 0 fully saturated rings. The molecule has 2 aromatic rings. The van der Waals surface area contributed by atoms with Crippen molar-refractivity contribution in [2.75, 3.05) is 5.32 Å². The number of halogens is 1. The Kier molecular flexibility index (Phi) is 4.44. The minimum absolute atomic E-state index is 0. The summed E-state index contributed by atoms with van der Waals surface area (Å²) in [4.78, 5) is 0. The number of aryl methyl sites for hydroxylation is 2. The molecule has 0 aliphatic heterocycles. The predicted molar refractivity (Wildman–Crippen MR) is 69.2 cm³/mol. The fourth-order valence-electron chi connectivity index (χ4n) is 1.45. The molecule has 0 radical (unpaired) electrons. The summed E-state index contributed by atoms with van der Waals surface area (Å²) in [6.07, 6.45) is 1.69. The van der Waals surface area contributed by atoms with Crippen molar-refractivity contribution in [2.45, 2.75) is 20.4 Å². The standard InChI is InChI=1S/C13H15NO.ClH/c1-10-5-6-12(8-11(10)2)14-9-13-4-3-7-15-13;/h3-8,14H,9H2,1-2H3;1H. The minimum Gasteiger partial charge on any atom is -0.467 e. The summed E-state index contributed by atoms with van der Waals surface area (Å²) in [6.45, 7) is 4.97. The zero-order valence-electron chi connectivity index (χ0n) is 9.49. The largest absolute Gasteiger partial charge is 0.467 e. The summed E-state index contributed by atoms with van der Waals surface area (Å²) < 4.78 is 5.25. The number of furan rings is 1. The van der Waals surface area contributed by atoms with Gasteiger partial charge in [0.2, 0.25) is 0 Å². The molecule has 0 aliphatic carbocycles. The van der Waals surface area contributed by atoms with Crippen LogP contribution in [0.3, 0.4) is 0 Å². The van der Waals surface area contributed by atoms with E-state index in [0.717, 1.165) is 18.0 Å². The second kappa shape index (κ2) is 5.61. The number of rotatable bonds is 3. The van der Waals surface area contributed by atoms with Crippen LogP contribution in [0.4, 0.5) is 5.69 Å². The Hall–Kier alpha value is -1.41.